The summed E-state index contributed by atoms with van der Waals surface area (Å²) in [6, 6.07) is 12.9. The van der Waals surface area contributed by atoms with Crippen LogP contribution in [0.25, 0.3) is 0 Å². The van der Waals surface area contributed by atoms with E-state index in [1.165, 1.54) is 4.90 Å². The Morgan fingerprint density at radius 3 is 2.29 bits per heavy atom. The number of benzene rings is 2. The number of hydrogen-bond acceptors (Lipinski definition) is 5. The molecule has 0 aliphatic rings. The highest BCUT2D eigenvalue weighted by Gasteiger charge is 2.32. The second kappa shape index (κ2) is 13.3. The van der Waals surface area contributed by atoms with Gasteiger partial charge in [-0.1, -0.05) is 49.7 Å². The summed E-state index contributed by atoms with van der Waals surface area (Å²) in [4.78, 5) is 28.0. The first-order valence-electron chi connectivity index (χ1n) is 11.6. The highest BCUT2D eigenvalue weighted by molar-refractivity contribution is 7.92. The lowest BCUT2D eigenvalue weighted by molar-refractivity contribution is -0.140. The molecule has 8 nitrogen and oxygen atoms in total. The minimum absolute atomic E-state index is 0.124. The Bertz CT molecular complexity index is 1090. The third-order valence-corrected chi connectivity index (χ3v) is 6.69. The van der Waals surface area contributed by atoms with Gasteiger partial charge in [0, 0.05) is 18.1 Å². The Morgan fingerprint density at radius 2 is 1.71 bits per heavy atom. The smallest absolute Gasteiger partial charge is 0.244 e. The molecule has 0 unspecified atom stereocenters. The quantitative estimate of drug-likeness (QED) is 0.430. The number of nitrogens with one attached hydrogen (secondary N) is 1. The lowest BCUT2D eigenvalue weighted by Gasteiger charge is -2.33. The molecule has 0 aliphatic heterocycles. The summed E-state index contributed by atoms with van der Waals surface area (Å²) in [5, 5.41) is 3.40. The first-order chi connectivity index (χ1) is 16.6. The zero-order chi connectivity index (χ0) is 26.0. The fourth-order valence-corrected chi connectivity index (χ4v) is 4.59. The van der Waals surface area contributed by atoms with Gasteiger partial charge in [-0.3, -0.25) is 13.9 Å². The van der Waals surface area contributed by atoms with Gasteiger partial charge in [-0.05, 0) is 49.6 Å². The third kappa shape index (κ3) is 8.14. The second-order valence-electron chi connectivity index (χ2n) is 8.03. The zero-order valence-corrected chi connectivity index (χ0v) is 22.2. The summed E-state index contributed by atoms with van der Waals surface area (Å²) in [5.74, 6) is -0.433. The van der Waals surface area contributed by atoms with E-state index in [1.54, 1.807) is 55.5 Å². The van der Waals surface area contributed by atoms with Crippen molar-refractivity contribution in [1.82, 2.24) is 10.2 Å². The Morgan fingerprint density at radius 1 is 1.06 bits per heavy atom. The molecular formula is C25H34ClN3O5S. The second-order valence-corrected chi connectivity index (χ2v) is 10.4. The molecule has 10 heteroatoms. The monoisotopic (exact) mass is 523 g/mol. The minimum Gasteiger partial charge on any atom is -0.492 e. The van der Waals surface area contributed by atoms with Crippen molar-refractivity contribution in [3.8, 4) is 5.75 Å². The number of carbonyl (C=O) groups excluding carboxylic acids is 2. The van der Waals surface area contributed by atoms with Crippen LogP contribution in [0.1, 0.15) is 39.2 Å². The van der Waals surface area contributed by atoms with E-state index in [0.717, 1.165) is 22.5 Å². The average molecular weight is 524 g/mol. The van der Waals surface area contributed by atoms with Crippen molar-refractivity contribution in [2.45, 2.75) is 46.2 Å². The number of hydrogen-bond donors (Lipinski definition) is 1. The molecular weight excluding hydrogens is 490 g/mol. The van der Waals surface area contributed by atoms with Crippen molar-refractivity contribution >= 4 is 39.1 Å². The fourth-order valence-electron chi connectivity index (χ4n) is 3.61. The molecule has 0 saturated heterocycles. The molecule has 192 valence electrons. The van der Waals surface area contributed by atoms with Crippen LogP contribution in [0.4, 0.5) is 5.69 Å². The molecule has 0 aliphatic carbocycles. The van der Waals surface area contributed by atoms with Gasteiger partial charge < -0.3 is 15.0 Å². The van der Waals surface area contributed by atoms with Crippen molar-refractivity contribution in [2.24, 2.45) is 0 Å². The summed E-state index contributed by atoms with van der Waals surface area (Å²) < 4.78 is 32.2. The van der Waals surface area contributed by atoms with Gasteiger partial charge in [-0.2, -0.15) is 0 Å². The van der Waals surface area contributed by atoms with Crippen LogP contribution >= 0.6 is 11.6 Å². The van der Waals surface area contributed by atoms with E-state index in [1.807, 2.05) is 13.8 Å². The normalized spacial score (nSPS) is 12.0. The van der Waals surface area contributed by atoms with Gasteiger partial charge in [0.05, 0.1) is 18.6 Å². The minimum atomic E-state index is -3.84. The summed E-state index contributed by atoms with van der Waals surface area (Å²) in [6.07, 6.45) is 2.16. The Labute approximate surface area is 213 Å². The topological polar surface area (TPSA) is 96.0 Å². The molecule has 1 N–H and O–H groups in total. The van der Waals surface area contributed by atoms with Crippen LogP contribution in [0.15, 0.2) is 48.5 Å². The SMILES string of the molecule is CCCNC(=O)[C@H](CC)N(Cc1ccc(Cl)cc1)C(=O)CN(c1ccccc1OCC)S(C)(=O)=O. The zero-order valence-electron chi connectivity index (χ0n) is 20.7. The maximum atomic E-state index is 13.7. The molecule has 0 spiro atoms. The van der Waals surface area contributed by atoms with Gasteiger partial charge in [-0.25, -0.2) is 8.42 Å². The number of carbonyl (C=O) groups is 2. The number of para-hydroxylation sites is 2. The largest absolute Gasteiger partial charge is 0.492 e. The van der Waals surface area contributed by atoms with Crippen LogP contribution in [-0.4, -0.2) is 57.1 Å². The van der Waals surface area contributed by atoms with E-state index >= 15 is 0 Å². The lowest BCUT2D eigenvalue weighted by atomic mass is 10.1. The fraction of sp³-hybridized carbons (Fsp3) is 0.440. The third-order valence-electron chi connectivity index (χ3n) is 5.31. The molecule has 0 heterocycles. The predicted molar refractivity (Wildman–Crippen MR) is 139 cm³/mol. The number of nitrogens with zero attached hydrogens (tertiary/aromatic N) is 2. The highest BCUT2D eigenvalue weighted by Crippen LogP contribution is 2.30. The van der Waals surface area contributed by atoms with E-state index in [0.29, 0.717) is 30.3 Å². The van der Waals surface area contributed by atoms with E-state index in [2.05, 4.69) is 5.32 Å². The van der Waals surface area contributed by atoms with Gasteiger partial charge in [0.1, 0.15) is 18.3 Å². The number of amides is 2. The first-order valence-corrected chi connectivity index (χ1v) is 13.9. The Hall–Kier alpha value is -2.78. The van der Waals surface area contributed by atoms with E-state index in [4.69, 9.17) is 16.3 Å². The van der Waals surface area contributed by atoms with Gasteiger partial charge in [-0.15, -0.1) is 0 Å². The van der Waals surface area contributed by atoms with Crippen LogP contribution in [0.3, 0.4) is 0 Å². The van der Waals surface area contributed by atoms with Gasteiger partial charge in [0.25, 0.3) is 0 Å². The number of ether oxygens (including phenoxy) is 1. The molecule has 0 radical (unpaired) electrons. The van der Waals surface area contributed by atoms with E-state index < -0.39 is 28.5 Å². The molecule has 0 fully saturated rings. The van der Waals surface area contributed by atoms with Crippen LogP contribution < -0.4 is 14.4 Å². The van der Waals surface area contributed by atoms with Crippen LogP contribution in [0.2, 0.25) is 5.02 Å². The Balaban J connectivity index is 2.45. The molecule has 2 rings (SSSR count). The maximum absolute atomic E-state index is 13.7. The Kier molecular flexibility index (Phi) is 10.9. The molecule has 2 aromatic rings. The molecule has 2 aromatic carbocycles. The van der Waals surface area contributed by atoms with E-state index in [-0.39, 0.29) is 18.1 Å². The van der Waals surface area contributed by atoms with Crippen molar-refractivity contribution in [2.75, 3.05) is 30.3 Å². The number of rotatable bonds is 13. The molecule has 0 saturated carbocycles. The van der Waals surface area contributed by atoms with Gasteiger partial charge in [0.2, 0.25) is 21.8 Å². The maximum Gasteiger partial charge on any atom is 0.244 e. The van der Waals surface area contributed by atoms with Crippen LogP contribution in [0.5, 0.6) is 5.75 Å². The van der Waals surface area contributed by atoms with Crippen molar-refractivity contribution in [1.29, 1.82) is 0 Å². The first kappa shape index (κ1) is 28.5. The summed E-state index contributed by atoms with van der Waals surface area (Å²) >= 11 is 6.01. The molecule has 0 aromatic heterocycles. The summed E-state index contributed by atoms with van der Waals surface area (Å²) in [7, 11) is -3.84. The number of anilines is 1. The van der Waals surface area contributed by atoms with Gasteiger partial charge >= 0.3 is 0 Å². The van der Waals surface area contributed by atoms with Crippen LogP contribution in [0, 0.1) is 0 Å². The predicted octanol–water partition coefficient (Wildman–Crippen LogP) is 3.84. The van der Waals surface area contributed by atoms with Crippen molar-refractivity contribution in [3.05, 3.63) is 59.1 Å². The number of sulfonamides is 1. The van der Waals surface area contributed by atoms with Crippen molar-refractivity contribution in [3.63, 3.8) is 0 Å². The molecule has 0 bridgehead atoms. The summed E-state index contributed by atoms with van der Waals surface area (Å²) in [6.45, 7) is 6.01. The average Bonchev–Trinajstić information content (AvgIpc) is 2.82. The van der Waals surface area contributed by atoms with Crippen molar-refractivity contribution < 1.29 is 22.7 Å². The highest BCUT2D eigenvalue weighted by atomic mass is 35.5. The van der Waals surface area contributed by atoms with E-state index in [9.17, 15) is 18.0 Å². The molecule has 35 heavy (non-hydrogen) atoms. The summed E-state index contributed by atoms with van der Waals surface area (Å²) in [5.41, 5.74) is 1.03. The molecule has 1 atom stereocenters. The van der Waals surface area contributed by atoms with Gasteiger partial charge in [0.15, 0.2) is 0 Å². The number of halogens is 1. The molecule has 2 amide bonds. The van der Waals surface area contributed by atoms with Crippen LogP contribution in [-0.2, 0) is 26.2 Å². The lowest BCUT2D eigenvalue weighted by Crippen LogP contribution is -2.52. The standard InChI is InChI=1S/C25H34ClN3O5S/c1-5-16-27-25(31)21(6-2)28(17-19-12-14-20(26)15-13-19)24(30)18-29(35(4,32)33)22-10-8-9-11-23(22)34-7-3/h8-15,21H,5-7,16-18H2,1-4H3,(H,27,31)/t21-/m0/s1.